The van der Waals surface area contributed by atoms with Crippen LogP contribution in [0.4, 0.5) is 0 Å². The van der Waals surface area contributed by atoms with Crippen molar-refractivity contribution < 1.29 is 9.59 Å². The Morgan fingerprint density at radius 2 is 1.90 bits per heavy atom. The third-order valence-corrected chi connectivity index (χ3v) is 6.14. The van der Waals surface area contributed by atoms with Gasteiger partial charge in [0.25, 0.3) is 11.8 Å². The van der Waals surface area contributed by atoms with Crippen LogP contribution in [0.5, 0.6) is 0 Å². The van der Waals surface area contributed by atoms with Crippen molar-refractivity contribution in [2.75, 3.05) is 19.6 Å². The summed E-state index contributed by atoms with van der Waals surface area (Å²) in [5.74, 6) is 1.15. The average Bonchev–Trinajstić information content (AvgIpc) is 3.29. The molecule has 3 aromatic rings. The Kier molecular flexibility index (Phi) is 5.44. The van der Waals surface area contributed by atoms with Crippen LogP contribution in [0.2, 0.25) is 0 Å². The van der Waals surface area contributed by atoms with E-state index in [-0.39, 0.29) is 11.8 Å². The maximum atomic E-state index is 13.3. The first-order chi connectivity index (χ1) is 14.0. The van der Waals surface area contributed by atoms with Crippen LogP contribution in [0, 0.1) is 13.8 Å². The first-order valence-electron chi connectivity index (χ1n) is 9.63. The van der Waals surface area contributed by atoms with Crippen molar-refractivity contribution in [3.8, 4) is 0 Å². The minimum Gasteiger partial charge on any atom is -0.335 e. The number of nitrogens with one attached hydrogen (secondary N) is 1. The summed E-state index contributed by atoms with van der Waals surface area (Å²) in [6, 6.07) is 10.8. The van der Waals surface area contributed by atoms with E-state index in [9.17, 15) is 9.59 Å². The van der Waals surface area contributed by atoms with Gasteiger partial charge in [-0.05, 0) is 49.4 Å². The topological polar surface area (TPSA) is 82.2 Å². The largest absolute Gasteiger partial charge is 0.335 e. The van der Waals surface area contributed by atoms with E-state index in [0.717, 1.165) is 10.4 Å². The van der Waals surface area contributed by atoms with Gasteiger partial charge < -0.3 is 9.80 Å². The second kappa shape index (κ2) is 8.16. The van der Waals surface area contributed by atoms with Crippen molar-refractivity contribution in [1.29, 1.82) is 0 Å². The molecule has 4 rings (SSSR count). The van der Waals surface area contributed by atoms with Crippen LogP contribution in [0.1, 0.15) is 49.7 Å². The van der Waals surface area contributed by atoms with Crippen molar-refractivity contribution in [2.24, 2.45) is 0 Å². The van der Waals surface area contributed by atoms with E-state index in [4.69, 9.17) is 0 Å². The van der Waals surface area contributed by atoms with Gasteiger partial charge >= 0.3 is 0 Å². The molecule has 1 N–H and O–H groups in total. The fourth-order valence-electron chi connectivity index (χ4n) is 3.63. The number of aryl methyl sites for hydroxylation is 2. The Bertz CT molecular complexity index is 1010. The SMILES string of the molecule is Cc1nc(C2CN(C(=O)c3sccc3C)CCCN2C(=O)c2ccccc2)n[nH]1. The van der Waals surface area contributed by atoms with Gasteiger partial charge in [0.05, 0.1) is 4.88 Å². The number of benzene rings is 1. The molecule has 7 nitrogen and oxygen atoms in total. The summed E-state index contributed by atoms with van der Waals surface area (Å²) in [6.45, 7) is 5.28. The highest BCUT2D eigenvalue weighted by Crippen LogP contribution is 2.27. The molecule has 1 aliphatic rings. The maximum Gasteiger partial charge on any atom is 0.264 e. The zero-order valence-corrected chi connectivity index (χ0v) is 17.3. The molecule has 1 unspecified atom stereocenters. The zero-order chi connectivity index (χ0) is 20.4. The fraction of sp³-hybridized carbons (Fsp3) is 0.333. The molecule has 8 heteroatoms. The van der Waals surface area contributed by atoms with E-state index < -0.39 is 6.04 Å². The van der Waals surface area contributed by atoms with Crippen LogP contribution in [0.25, 0.3) is 0 Å². The third-order valence-electron chi connectivity index (χ3n) is 5.13. The van der Waals surface area contributed by atoms with Crippen LogP contribution in [-0.2, 0) is 0 Å². The van der Waals surface area contributed by atoms with E-state index >= 15 is 0 Å². The number of thiophene rings is 1. The van der Waals surface area contributed by atoms with E-state index in [2.05, 4.69) is 15.2 Å². The van der Waals surface area contributed by atoms with Gasteiger partial charge in [-0.1, -0.05) is 18.2 Å². The smallest absolute Gasteiger partial charge is 0.264 e. The van der Waals surface area contributed by atoms with E-state index in [0.29, 0.717) is 43.3 Å². The second-order valence-electron chi connectivity index (χ2n) is 7.20. The van der Waals surface area contributed by atoms with E-state index in [1.165, 1.54) is 11.3 Å². The first-order valence-corrected chi connectivity index (χ1v) is 10.5. The molecule has 1 fully saturated rings. The van der Waals surface area contributed by atoms with Gasteiger partial charge in [-0.25, -0.2) is 4.98 Å². The lowest BCUT2D eigenvalue weighted by atomic mass is 10.1. The second-order valence-corrected chi connectivity index (χ2v) is 8.11. The number of carbonyl (C=O) groups is 2. The van der Waals surface area contributed by atoms with Gasteiger partial charge in [-0.2, -0.15) is 5.10 Å². The minimum absolute atomic E-state index is 0.00349. The molecule has 0 spiro atoms. The molecule has 1 saturated heterocycles. The molecule has 0 bridgehead atoms. The lowest BCUT2D eigenvalue weighted by Gasteiger charge is -2.30. The van der Waals surface area contributed by atoms with E-state index in [1.807, 2.05) is 60.5 Å². The normalized spacial score (nSPS) is 17.2. The summed E-state index contributed by atoms with van der Waals surface area (Å²) in [5, 5.41) is 9.11. The average molecular weight is 410 g/mol. The number of aromatic nitrogens is 3. The molecular weight excluding hydrogens is 386 g/mol. The van der Waals surface area contributed by atoms with E-state index in [1.54, 1.807) is 4.90 Å². The number of aromatic amines is 1. The number of H-pyrrole nitrogens is 1. The molecular formula is C21H23N5O2S. The number of amides is 2. The van der Waals surface area contributed by atoms with Gasteiger partial charge in [0.2, 0.25) is 0 Å². The Labute approximate surface area is 173 Å². The Balaban J connectivity index is 1.67. The van der Waals surface area contributed by atoms with Gasteiger partial charge in [0.15, 0.2) is 5.82 Å². The van der Waals surface area contributed by atoms with Crippen molar-refractivity contribution in [3.05, 3.63) is 69.4 Å². The highest BCUT2D eigenvalue weighted by atomic mass is 32.1. The van der Waals surface area contributed by atoms with Crippen LogP contribution in [0.3, 0.4) is 0 Å². The quantitative estimate of drug-likeness (QED) is 0.720. The van der Waals surface area contributed by atoms with Crippen LogP contribution >= 0.6 is 11.3 Å². The van der Waals surface area contributed by atoms with Gasteiger partial charge in [0.1, 0.15) is 11.9 Å². The fourth-order valence-corrected chi connectivity index (χ4v) is 4.52. The molecule has 150 valence electrons. The Hall–Kier alpha value is -3.00. The Morgan fingerprint density at radius 1 is 1.10 bits per heavy atom. The summed E-state index contributed by atoms with van der Waals surface area (Å²) < 4.78 is 0. The highest BCUT2D eigenvalue weighted by Gasteiger charge is 2.35. The summed E-state index contributed by atoms with van der Waals surface area (Å²) in [7, 11) is 0. The predicted molar refractivity (Wildman–Crippen MR) is 111 cm³/mol. The van der Waals surface area contributed by atoms with Gasteiger partial charge in [0, 0.05) is 25.2 Å². The van der Waals surface area contributed by atoms with Crippen LogP contribution < -0.4 is 0 Å². The maximum absolute atomic E-state index is 13.3. The zero-order valence-electron chi connectivity index (χ0n) is 16.5. The Morgan fingerprint density at radius 3 is 2.55 bits per heavy atom. The molecule has 2 aromatic heterocycles. The molecule has 29 heavy (non-hydrogen) atoms. The summed E-state index contributed by atoms with van der Waals surface area (Å²) in [5.41, 5.74) is 1.60. The van der Waals surface area contributed by atoms with Gasteiger partial charge in [-0.3, -0.25) is 14.7 Å². The third kappa shape index (κ3) is 3.93. The van der Waals surface area contributed by atoms with Gasteiger partial charge in [-0.15, -0.1) is 11.3 Å². The lowest BCUT2D eigenvalue weighted by Crippen LogP contribution is -2.40. The monoisotopic (exact) mass is 409 g/mol. The van der Waals surface area contributed by atoms with Crippen molar-refractivity contribution in [1.82, 2.24) is 25.0 Å². The standard InChI is InChI=1S/C21H23N5O2S/c1-14-9-12-29-18(14)21(28)25-10-6-11-26(20(27)16-7-4-3-5-8-16)17(13-25)19-22-15(2)23-24-19/h3-5,7-9,12,17H,6,10-11,13H2,1-2H3,(H,22,23,24). The molecule has 0 aliphatic carbocycles. The molecule has 2 amide bonds. The lowest BCUT2D eigenvalue weighted by molar-refractivity contribution is 0.0624. The summed E-state index contributed by atoms with van der Waals surface area (Å²) in [6.07, 6.45) is 0.703. The number of nitrogens with zero attached hydrogens (tertiary/aromatic N) is 4. The minimum atomic E-state index is -0.403. The molecule has 3 heterocycles. The molecule has 1 atom stereocenters. The first kappa shape index (κ1) is 19.3. The van der Waals surface area contributed by atoms with Crippen molar-refractivity contribution >= 4 is 23.2 Å². The number of carbonyl (C=O) groups excluding carboxylic acids is 2. The molecule has 1 aromatic carbocycles. The van der Waals surface area contributed by atoms with Crippen LogP contribution in [-0.4, -0.2) is 56.4 Å². The number of hydrogen-bond acceptors (Lipinski definition) is 5. The summed E-state index contributed by atoms with van der Waals surface area (Å²) >= 11 is 1.45. The van der Waals surface area contributed by atoms with Crippen molar-refractivity contribution in [3.63, 3.8) is 0 Å². The molecule has 0 saturated carbocycles. The number of rotatable bonds is 3. The summed E-state index contributed by atoms with van der Waals surface area (Å²) in [4.78, 5) is 35.3. The van der Waals surface area contributed by atoms with Crippen molar-refractivity contribution in [2.45, 2.75) is 26.3 Å². The molecule has 0 radical (unpaired) electrons. The predicted octanol–water partition coefficient (Wildman–Crippen LogP) is 3.21. The molecule has 1 aliphatic heterocycles. The highest BCUT2D eigenvalue weighted by molar-refractivity contribution is 7.12. The van der Waals surface area contributed by atoms with Crippen LogP contribution in [0.15, 0.2) is 41.8 Å². The number of hydrogen-bond donors (Lipinski definition) is 1.